The maximum absolute atomic E-state index is 12.4. The number of halogens is 3. The summed E-state index contributed by atoms with van der Waals surface area (Å²) in [6.07, 6.45) is 5.35. The molecule has 0 bridgehead atoms. The first kappa shape index (κ1) is 15.7. The first-order valence-electron chi connectivity index (χ1n) is 6.11. The van der Waals surface area contributed by atoms with Crippen LogP contribution in [0, 0.1) is 12.3 Å². The molecule has 0 radical (unpaired) electrons. The molecular weight excluding hydrogens is 303 g/mol. The van der Waals surface area contributed by atoms with E-state index in [1.54, 1.807) is 0 Å². The summed E-state index contributed by atoms with van der Waals surface area (Å²) < 4.78 is 42.3. The molecule has 1 atom stereocenters. The Hall–Kier alpha value is -1.65. The number of thioether (sulfide) groups is 1. The maximum Gasteiger partial charge on any atom is 0.446 e. The average molecular weight is 315 g/mol. The highest BCUT2D eigenvalue weighted by Crippen LogP contribution is 2.37. The number of alkyl halides is 3. The van der Waals surface area contributed by atoms with E-state index in [1.165, 1.54) is 29.2 Å². The summed E-state index contributed by atoms with van der Waals surface area (Å²) >= 11 is -0.250. The van der Waals surface area contributed by atoms with Gasteiger partial charge in [0, 0.05) is 17.0 Å². The fraction of sp³-hybridized carbons (Fsp3) is 0.357. The number of hydrogen-bond donors (Lipinski definition) is 0. The zero-order valence-electron chi connectivity index (χ0n) is 10.9. The van der Waals surface area contributed by atoms with Crippen molar-refractivity contribution in [2.45, 2.75) is 16.4 Å². The summed E-state index contributed by atoms with van der Waals surface area (Å²) in [7, 11) is 0. The zero-order valence-corrected chi connectivity index (χ0v) is 11.7. The first-order chi connectivity index (χ1) is 9.90. The Balaban J connectivity index is 2.19. The highest BCUT2D eigenvalue weighted by molar-refractivity contribution is 8.00. The lowest BCUT2D eigenvalue weighted by Crippen LogP contribution is -2.47. The molecule has 1 aromatic carbocycles. The molecule has 0 aliphatic carbocycles. The highest BCUT2D eigenvalue weighted by atomic mass is 32.2. The van der Waals surface area contributed by atoms with Crippen LogP contribution in [0.25, 0.3) is 0 Å². The molecule has 1 aliphatic rings. The fourth-order valence-corrected chi connectivity index (χ4v) is 2.58. The van der Waals surface area contributed by atoms with Crippen molar-refractivity contribution in [2.24, 2.45) is 0 Å². The van der Waals surface area contributed by atoms with Gasteiger partial charge in [-0.2, -0.15) is 13.2 Å². The first-order valence-corrected chi connectivity index (χ1v) is 6.93. The number of benzene rings is 1. The molecule has 1 heterocycles. The van der Waals surface area contributed by atoms with Crippen LogP contribution >= 0.6 is 11.8 Å². The van der Waals surface area contributed by atoms with E-state index in [0.29, 0.717) is 13.2 Å². The molecule has 0 N–H and O–H groups in total. The molecule has 112 valence electrons. The number of carbonyl (C=O) groups is 1. The molecule has 0 spiro atoms. The van der Waals surface area contributed by atoms with Gasteiger partial charge in [0.05, 0.1) is 13.2 Å². The van der Waals surface area contributed by atoms with Gasteiger partial charge in [-0.25, -0.2) is 0 Å². The second-order valence-corrected chi connectivity index (χ2v) is 5.47. The van der Waals surface area contributed by atoms with Crippen LogP contribution < -0.4 is 0 Å². The largest absolute Gasteiger partial charge is 0.446 e. The molecule has 21 heavy (non-hydrogen) atoms. The molecule has 0 saturated carbocycles. The van der Waals surface area contributed by atoms with E-state index in [-0.39, 0.29) is 34.7 Å². The predicted molar refractivity (Wildman–Crippen MR) is 72.8 cm³/mol. The Kier molecular flexibility index (Phi) is 4.80. The SMILES string of the molecule is C#CC1COCCN1C(=O)c1cccc(SC(F)(F)F)c1. The molecule has 1 unspecified atom stereocenters. The Morgan fingerprint density at radius 3 is 2.90 bits per heavy atom. The third-order valence-corrected chi connectivity index (χ3v) is 3.62. The Bertz CT molecular complexity index is 568. The molecule has 1 amide bonds. The van der Waals surface area contributed by atoms with E-state index in [2.05, 4.69) is 5.92 Å². The average Bonchev–Trinajstić information content (AvgIpc) is 2.45. The van der Waals surface area contributed by atoms with Crippen LogP contribution in [0.3, 0.4) is 0 Å². The molecule has 1 aromatic rings. The van der Waals surface area contributed by atoms with Crippen molar-refractivity contribution >= 4 is 17.7 Å². The van der Waals surface area contributed by atoms with Crippen molar-refractivity contribution in [3.8, 4) is 12.3 Å². The molecule has 1 aliphatic heterocycles. The van der Waals surface area contributed by atoms with Gasteiger partial charge in [-0.05, 0) is 30.0 Å². The zero-order chi connectivity index (χ0) is 15.5. The van der Waals surface area contributed by atoms with Gasteiger partial charge in [-0.15, -0.1) is 6.42 Å². The summed E-state index contributed by atoms with van der Waals surface area (Å²) in [4.78, 5) is 13.8. The van der Waals surface area contributed by atoms with E-state index < -0.39 is 11.6 Å². The lowest BCUT2D eigenvalue weighted by atomic mass is 10.1. The number of hydrogen-bond acceptors (Lipinski definition) is 3. The van der Waals surface area contributed by atoms with Gasteiger partial charge in [0.25, 0.3) is 5.91 Å². The van der Waals surface area contributed by atoms with E-state index in [1.807, 2.05) is 0 Å². The minimum Gasteiger partial charge on any atom is -0.376 e. The summed E-state index contributed by atoms with van der Waals surface area (Å²) in [6, 6.07) is 4.94. The van der Waals surface area contributed by atoms with Crippen molar-refractivity contribution in [3.05, 3.63) is 29.8 Å². The van der Waals surface area contributed by atoms with Gasteiger partial charge in [0.1, 0.15) is 6.04 Å². The lowest BCUT2D eigenvalue weighted by molar-refractivity contribution is -0.0328. The van der Waals surface area contributed by atoms with Gasteiger partial charge in [-0.1, -0.05) is 12.0 Å². The Morgan fingerprint density at radius 2 is 2.24 bits per heavy atom. The van der Waals surface area contributed by atoms with Crippen LogP contribution in [0.15, 0.2) is 29.2 Å². The monoisotopic (exact) mass is 315 g/mol. The summed E-state index contributed by atoms with van der Waals surface area (Å²) in [5, 5.41) is 0. The molecule has 7 heteroatoms. The van der Waals surface area contributed by atoms with Crippen LogP contribution in [0.2, 0.25) is 0 Å². The number of amides is 1. The third kappa shape index (κ3) is 4.16. The summed E-state index contributed by atoms with van der Waals surface area (Å²) in [5.41, 5.74) is -4.20. The second-order valence-electron chi connectivity index (χ2n) is 4.33. The fourth-order valence-electron chi connectivity index (χ4n) is 1.98. The third-order valence-electron chi connectivity index (χ3n) is 2.90. The molecule has 2 rings (SSSR count). The van der Waals surface area contributed by atoms with Crippen LogP contribution in [0.1, 0.15) is 10.4 Å². The topological polar surface area (TPSA) is 29.5 Å². The number of morpholine rings is 1. The minimum atomic E-state index is -4.39. The van der Waals surface area contributed by atoms with Crippen LogP contribution in [0.5, 0.6) is 0 Å². The van der Waals surface area contributed by atoms with E-state index in [9.17, 15) is 18.0 Å². The lowest BCUT2D eigenvalue weighted by Gasteiger charge is -2.32. The number of terminal acetylenes is 1. The summed E-state index contributed by atoms with van der Waals surface area (Å²) in [6.45, 7) is 0.921. The molecule has 3 nitrogen and oxygen atoms in total. The summed E-state index contributed by atoms with van der Waals surface area (Å²) in [5.74, 6) is 2.07. The van der Waals surface area contributed by atoms with Crippen molar-refractivity contribution in [1.29, 1.82) is 0 Å². The van der Waals surface area contributed by atoms with Crippen LogP contribution in [0.4, 0.5) is 13.2 Å². The van der Waals surface area contributed by atoms with E-state index >= 15 is 0 Å². The van der Waals surface area contributed by atoms with Crippen LogP contribution in [-0.2, 0) is 4.74 Å². The minimum absolute atomic E-state index is 0.0288. The van der Waals surface area contributed by atoms with Crippen molar-refractivity contribution in [3.63, 3.8) is 0 Å². The Labute approximate surface area is 124 Å². The number of ether oxygens (including phenoxy) is 1. The smallest absolute Gasteiger partial charge is 0.376 e. The molecule has 1 fully saturated rings. The van der Waals surface area contributed by atoms with E-state index in [4.69, 9.17) is 11.2 Å². The predicted octanol–water partition coefficient (Wildman–Crippen LogP) is 2.77. The number of nitrogens with zero attached hydrogens (tertiary/aromatic N) is 1. The van der Waals surface area contributed by atoms with Gasteiger partial charge < -0.3 is 9.64 Å². The Morgan fingerprint density at radius 1 is 1.48 bits per heavy atom. The normalized spacial score (nSPS) is 19.1. The van der Waals surface area contributed by atoms with Gasteiger partial charge in [0.15, 0.2) is 0 Å². The van der Waals surface area contributed by atoms with Gasteiger partial charge in [0.2, 0.25) is 0 Å². The van der Waals surface area contributed by atoms with Crippen molar-refractivity contribution in [1.82, 2.24) is 4.90 Å². The number of carbonyl (C=O) groups excluding carboxylic acids is 1. The van der Waals surface area contributed by atoms with Crippen molar-refractivity contribution in [2.75, 3.05) is 19.8 Å². The second kappa shape index (κ2) is 6.41. The van der Waals surface area contributed by atoms with Crippen molar-refractivity contribution < 1.29 is 22.7 Å². The maximum atomic E-state index is 12.4. The highest BCUT2D eigenvalue weighted by Gasteiger charge is 2.30. The van der Waals surface area contributed by atoms with Crippen LogP contribution in [-0.4, -0.2) is 42.1 Å². The standard InChI is InChI=1S/C14H12F3NO2S/c1-2-11-9-20-7-6-18(11)13(19)10-4-3-5-12(8-10)21-14(15,16)17/h1,3-5,8,11H,6-7,9H2. The quantitative estimate of drug-likeness (QED) is 0.621. The van der Waals surface area contributed by atoms with Gasteiger partial charge in [-0.3, -0.25) is 4.79 Å². The number of rotatable bonds is 2. The van der Waals surface area contributed by atoms with Gasteiger partial charge >= 0.3 is 5.51 Å². The molecule has 0 aromatic heterocycles. The molecular formula is C14H12F3NO2S. The molecule has 1 saturated heterocycles. The van der Waals surface area contributed by atoms with E-state index in [0.717, 1.165) is 0 Å².